The summed E-state index contributed by atoms with van der Waals surface area (Å²) in [7, 11) is 3.09. The molecule has 1 aliphatic rings. The molecule has 5 nitrogen and oxygen atoms in total. The van der Waals surface area contributed by atoms with Crippen LogP contribution in [0.1, 0.15) is 40.5 Å². The Hall–Kier alpha value is -2.82. The van der Waals surface area contributed by atoms with E-state index in [1.165, 1.54) is 7.11 Å². The first-order chi connectivity index (χ1) is 12.1. The Bertz CT molecular complexity index is 815. The molecule has 1 unspecified atom stereocenters. The van der Waals surface area contributed by atoms with Crippen molar-refractivity contribution in [1.29, 1.82) is 0 Å². The largest absolute Gasteiger partial charge is 0.493 e. The number of fused-ring (bicyclic) bond motifs is 1. The van der Waals surface area contributed by atoms with Crippen molar-refractivity contribution in [1.82, 2.24) is 0 Å². The van der Waals surface area contributed by atoms with Crippen LogP contribution in [-0.2, 0) is 0 Å². The number of Topliss-reactive ketones (excluding diaryl/α,β-unsaturated/α-hetero) is 1. The summed E-state index contributed by atoms with van der Waals surface area (Å²) in [5, 5.41) is 0. The molecule has 3 rings (SSSR count). The Balaban J connectivity index is 2.06. The second kappa shape index (κ2) is 6.97. The quantitative estimate of drug-likeness (QED) is 0.852. The second-order valence-electron chi connectivity index (χ2n) is 5.95. The van der Waals surface area contributed by atoms with Gasteiger partial charge in [-0.1, -0.05) is 19.1 Å². The highest BCUT2D eigenvalue weighted by molar-refractivity contribution is 6.14. The number of ether oxygens (including phenoxy) is 2. The summed E-state index contributed by atoms with van der Waals surface area (Å²) in [5.74, 6) is 1.01. The third-order valence-electron chi connectivity index (χ3n) is 4.57. The summed E-state index contributed by atoms with van der Waals surface area (Å²) >= 11 is 0. The molecule has 1 amide bonds. The zero-order valence-electron chi connectivity index (χ0n) is 14.6. The predicted molar refractivity (Wildman–Crippen MR) is 95.8 cm³/mol. The van der Waals surface area contributed by atoms with Crippen LogP contribution in [0.3, 0.4) is 0 Å². The maximum Gasteiger partial charge on any atom is 0.258 e. The molecule has 25 heavy (non-hydrogen) atoms. The van der Waals surface area contributed by atoms with Crippen molar-refractivity contribution >= 4 is 17.4 Å². The Morgan fingerprint density at radius 2 is 1.84 bits per heavy atom. The molecule has 2 aromatic carbocycles. The van der Waals surface area contributed by atoms with Crippen LogP contribution in [0.2, 0.25) is 0 Å². The van der Waals surface area contributed by atoms with E-state index in [0.29, 0.717) is 41.2 Å². The number of hydrogen-bond acceptors (Lipinski definition) is 4. The van der Waals surface area contributed by atoms with Gasteiger partial charge < -0.3 is 14.4 Å². The number of anilines is 1. The van der Waals surface area contributed by atoms with Crippen molar-refractivity contribution < 1.29 is 19.1 Å². The molecule has 0 fully saturated rings. The fraction of sp³-hybridized carbons (Fsp3) is 0.300. The van der Waals surface area contributed by atoms with Gasteiger partial charge in [-0.2, -0.15) is 0 Å². The summed E-state index contributed by atoms with van der Waals surface area (Å²) in [5.41, 5.74) is 1.77. The van der Waals surface area contributed by atoms with E-state index in [0.717, 1.165) is 0 Å². The summed E-state index contributed by atoms with van der Waals surface area (Å²) in [6, 6.07) is 12.2. The van der Waals surface area contributed by atoms with Crippen molar-refractivity contribution in [2.45, 2.75) is 25.8 Å². The van der Waals surface area contributed by atoms with Crippen molar-refractivity contribution in [2.24, 2.45) is 0 Å². The summed E-state index contributed by atoms with van der Waals surface area (Å²) < 4.78 is 10.5. The highest BCUT2D eigenvalue weighted by Crippen LogP contribution is 2.34. The first-order valence-electron chi connectivity index (χ1n) is 8.28. The molecule has 130 valence electrons. The first-order valence-corrected chi connectivity index (χ1v) is 8.28. The molecular weight excluding hydrogens is 318 g/mol. The highest BCUT2D eigenvalue weighted by atomic mass is 16.5. The lowest BCUT2D eigenvalue weighted by molar-refractivity contribution is 0.0931. The topological polar surface area (TPSA) is 55.8 Å². The number of carbonyl (C=O) groups is 2. The zero-order valence-corrected chi connectivity index (χ0v) is 14.6. The van der Waals surface area contributed by atoms with Crippen LogP contribution in [-0.4, -0.2) is 32.0 Å². The number of amides is 1. The van der Waals surface area contributed by atoms with Gasteiger partial charge in [-0.25, -0.2) is 0 Å². The van der Waals surface area contributed by atoms with Gasteiger partial charge in [0.2, 0.25) is 0 Å². The number of nitrogens with zero attached hydrogens (tertiary/aromatic N) is 1. The zero-order chi connectivity index (χ0) is 18.0. The fourth-order valence-corrected chi connectivity index (χ4v) is 3.24. The van der Waals surface area contributed by atoms with E-state index in [1.54, 1.807) is 36.3 Å². The predicted octanol–water partition coefficient (Wildman–Crippen LogP) is 3.72. The number of carbonyl (C=O) groups excluding carboxylic acids is 2. The molecule has 2 aromatic rings. The first kappa shape index (κ1) is 17.0. The molecule has 5 heteroatoms. The number of benzene rings is 2. The maximum absolute atomic E-state index is 13.2. The number of ketones is 1. The summed E-state index contributed by atoms with van der Waals surface area (Å²) in [6.07, 6.45) is 1.05. The molecule has 0 aromatic heterocycles. The van der Waals surface area contributed by atoms with Gasteiger partial charge in [0.1, 0.15) is 0 Å². The Labute approximate surface area is 147 Å². The minimum Gasteiger partial charge on any atom is -0.493 e. The smallest absolute Gasteiger partial charge is 0.258 e. The van der Waals surface area contributed by atoms with E-state index in [2.05, 4.69) is 0 Å². The molecule has 0 bridgehead atoms. The van der Waals surface area contributed by atoms with Crippen LogP contribution < -0.4 is 14.4 Å². The fourth-order valence-electron chi connectivity index (χ4n) is 3.24. The minimum absolute atomic E-state index is 0.0822. The molecule has 0 saturated heterocycles. The van der Waals surface area contributed by atoms with Gasteiger partial charge in [0, 0.05) is 23.6 Å². The van der Waals surface area contributed by atoms with Gasteiger partial charge in [0.15, 0.2) is 17.3 Å². The molecule has 0 spiro atoms. The molecule has 0 N–H and O–H groups in total. The van der Waals surface area contributed by atoms with Crippen LogP contribution in [0, 0.1) is 0 Å². The molecule has 0 saturated carbocycles. The van der Waals surface area contributed by atoms with E-state index < -0.39 is 0 Å². The van der Waals surface area contributed by atoms with E-state index in [1.807, 2.05) is 25.1 Å². The molecule has 1 heterocycles. The number of rotatable bonds is 4. The van der Waals surface area contributed by atoms with Crippen molar-refractivity contribution in [3.8, 4) is 11.5 Å². The second-order valence-corrected chi connectivity index (χ2v) is 5.95. The normalized spacial score (nSPS) is 16.4. The number of hydrogen-bond donors (Lipinski definition) is 0. The van der Waals surface area contributed by atoms with Crippen molar-refractivity contribution in [2.75, 3.05) is 19.1 Å². The Morgan fingerprint density at radius 3 is 2.52 bits per heavy atom. The molecule has 0 radical (unpaired) electrons. The molecular formula is C20H21NO4. The van der Waals surface area contributed by atoms with E-state index in [4.69, 9.17) is 9.47 Å². The Kier molecular flexibility index (Phi) is 4.74. The lowest BCUT2D eigenvalue weighted by Crippen LogP contribution is -2.45. The van der Waals surface area contributed by atoms with Crippen molar-refractivity contribution in [3.63, 3.8) is 0 Å². The Morgan fingerprint density at radius 1 is 1.12 bits per heavy atom. The van der Waals surface area contributed by atoms with Crippen LogP contribution in [0.25, 0.3) is 0 Å². The highest BCUT2D eigenvalue weighted by Gasteiger charge is 2.34. The third kappa shape index (κ3) is 2.97. The monoisotopic (exact) mass is 339 g/mol. The van der Waals surface area contributed by atoms with Gasteiger partial charge in [0.25, 0.3) is 5.91 Å². The third-order valence-corrected chi connectivity index (χ3v) is 4.57. The van der Waals surface area contributed by atoms with Crippen LogP contribution in [0.5, 0.6) is 11.5 Å². The van der Waals surface area contributed by atoms with Gasteiger partial charge in [-0.3, -0.25) is 9.59 Å². The standard InChI is InChI=1S/C20H21NO4/c1-4-14-12-17(22)15-7-5-6-8-16(15)21(14)20(23)13-9-10-18(24-2)19(11-13)25-3/h5-11,14H,4,12H2,1-3H3. The van der Waals surface area contributed by atoms with E-state index in [-0.39, 0.29) is 17.7 Å². The van der Waals surface area contributed by atoms with Crippen LogP contribution in [0.4, 0.5) is 5.69 Å². The lowest BCUT2D eigenvalue weighted by atomic mass is 9.92. The van der Waals surface area contributed by atoms with Gasteiger partial charge >= 0.3 is 0 Å². The molecule has 1 atom stereocenters. The molecule has 0 aliphatic carbocycles. The number of para-hydroxylation sites is 1. The van der Waals surface area contributed by atoms with E-state index in [9.17, 15) is 9.59 Å². The SMILES string of the molecule is CCC1CC(=O)c2ccccc2N1C(=O)c1ccc(OC)c(OC)c1. The van der Waals surface area contributed by atoms with Gasteiger partial charge in [-0.05, 0) is 36.8 Å². The summed E-state index contributed by atoms with van der Waals surface area (Å²) in [4.78, 5) is 27.3. The van der Waals surface area contributed by atoms with Crippen molar-refractivity contribution in [3.05, 3.63) is 53.6 Å². The van der Waals surface area contributed by atoms with Gasteiger partial charge in [-0.15, -0.1) is 0 Å². The average molecular weight is 339 g/mol. The van der Waals surface area contributed by atoms with Gasteiger partial charge in [0.05, 0.1) is 19.9 Å². The maximum atomic E-state index is 13.2. The van der Waals surface area contributed by atoms with E-state index >= 15 is 0 Å². The summed E-state index contributed by atoms with van der Waals surface area (Å²) in [6.45, 7) is 1.99. The lowest BCUT2D eigenvalue weighted by Gasteiger charge is -2.36. The minimum atomic E-state index is -0.150. The average Bonchev–Trinajstić information content (AvgIpc) is 2.66. The molecule has 1 aliphatic heterocycles. The number of methoxy groups -OCH3 is 2. The van der Waals surface area contributed by atoms with Crippen LogP contribution >= 0.6 is 0 Å². The van der Waals surface area contributed by atoms with Crippen LogP contribution in [0.15, 0.2) is 42.5 Å².